The van der Waals surface area contributed by atoms with E-state index in [1.54, 1.807) is 0 Å². The molecule has 1 heterocycles. The summed E-state index contributed by atoms with van der Waals surface area (Å²) in [5, 5.41) is 0.233. The first-order valence-corrected chi connectivity index (χ1v) is 3.95. The number of aromatic nitrogens is 2. The van der Waals surface area contributed by atoms with Gasteiger partial charge in [0.2, 0.25) is 0 Å². The van der Waals surface area contributed by atoms with Gasteiger partial charge in [0.15, 0.2) is 0 Å². The molecule has 0 atom stereocenters. The largest absolute Gasteiger partial charge is 0.295 e. The lowest BCUT2D eigenvalue weighted by Crippen LogP contribution is -2.18. The molecule has 0 N–H and O–H groups in total. The first kappa shape index (κ1) is 9.00. The van der Waals surface area contributed by atoms with E-state index in [2.05, 4.69) is 4.98 Å². The summed E-state index contributed by atoms with van der Waals surface area (Å²) >= 11 is 5.51. The summed E-state index contributed by atoms with van der Waals surface area (Å²) < 4.78 is 1.48. The van der Waals surface area contributed by atoms with Gasteiger partial charge in [-0.2, -0.15) is 0 Å². The Kier molecular flexibility index (Phi) is 3.05. The maximum absolute atomic E-state index is 11.2. The van der Waals surface area contributed by atoms with Crippen LogP contribution in [-0.2, 0) is 6.54 Å². The van der Waals surface area contributed by atoms with Gasteiger partial charge >= 0.3 is 0 Å². The molecular weight excluding hydrogens is 176 g/mol. The van der Waals surface area contributed by atoms with Crippen LogP contribution in [0.5, 0.6) is 0 Å². The molecule has 0 unspecified atom stereocenters. The van der Waals surface area contributed by atoms with Crippen LogP contribution in [0.3, 0.4) is 0 Å². The molecule has 0 bridgehead atoms. The van der Waals surface area contributed by atoms with Crippen molar-refractivity contribution in [1.82, 2.24) is 9.55 Å². The molecule has 0 fully saturated rings. The topological polar surface area (TPSA) is 34.9 Å². The summed E-state index contributed by atoms with van der Waals surface area (Å²) in [6.45, 7) is 2.44. The molecule has 0 spiro atoms. The lowest BCUT2D eigenvalue weighted by molar-refractivity contribution is 0.752. The fraction of sp³-hybridized carbons (Fsp3) is 0.250. The second kappa shape index (κ2) is 4.07. The van der Waals surface area contributed by atoms with Crippen LogP contribution in [-0.4, -0.2) is 9.55 Å². The minimum absolute atomic E-state index is 0.131. The van der Waals surface area contributed by atoms with Gasteiger partial charge in [-0.05, 0) is 6.92 Å². The van der Waals surface area contributed by atoms with Gasteiger partial charge in [-0.1, -0.05) is 23.8 Å². The fourth-order valence-electron chi connectivity index (χ4n) is 0.760. The van der Waals surface area contributed by atoms with E-state index in [4.69, 9.17) is 11.6 Å². The monoisotopic (exact) mass is 184 g/mol. The molecule has 4 heteroatoms. The maximum atomic E-state index is 11.2. The van der Waals surface area contributed by atoms with Crippen molar-refractivity contribution >= 4 is 11.6 Å². The smallest absolute Gasteiger partial charge is 0.255 e. The van der Waals surface area contributed by atoms with Crippen molar-refractivity contribution in [3.05, 3.63) is 40.1 Å². The van der Waals surface area contributed by atoms with Crippen molar-refractivity contribution in [1.29, 1.82) is 0 Å². The van der Waals surface area contributed by atoms with Gasteiger partial charge in [-0.25, -0.2) is 4.98 Å². The first-order valence-electron chi connectivity index (χ1n) is 3.57. The van der Waals surface area contributed by atoms with Crippen LogP contribution in [0, 0.1) is 0 Å². The average Bonchev–Trinajstić information content (AvgIpc) is 2.03. The predicted octanol–water partition coefficient (Wildman–Crippen LogP) is 1.47. The van der Waals surface area contributed by atoms with E-state index >= 15 is 0 Å². The quantitative estimate of drug-likeness (QED) is 0.516. The van der Waals surface area contributed by atoms with Crippen LogP contribution in [0.4, 0.5) is 0 Å². The van der Waals surface area contributed by atoms with E-state index in [9.17, 15) is 4.79 Å². The molecule has 1 rings (SSSR count). The van der Waals surface area contributed by atoms with E-state index in [-0.39, 0.29) is 10.7 Å². The maximum Gasteiger partial charge on any atom is 0.255 e. The Morgan fingerprint density at radius 3 is 3.08 bits per heavy atom. The Balaban J connectivity index is 2.94. The zero-order valence-corrected chi connectivity index (χ0v) is 7.45. The van der Waals surface area contributed by atoms with Gasteiger partial charge in [0.25, 0.3) is 5.56 Å². The van der Waals surface area contributed by atoms with E-state index in [1.165, 1.54) is 17.0 Å². The summed E-state index contributed by atoms with van der Waals surface area (Å²) in [6.07, 6.45) is 5.18. The first-order chi connectivity index (χ1) is 5.74. The normalized spacial score (nSPS) is 10.8. The Morgan fingerprint density at radius 1 is 1.75 bits per heavy atom. The SMILES string of the molecule is C/C=C/Cn1cnc(Cl)cc1=O. The van der Waals surface area contributed by atoms with Crippen LogP contribution < -0.4 is 5.56 Å². The summed E-state index contributed by atoms with van der Waals surface area (Å²) in [5.74, 6) is 0. The highest BCUT2D eigenvalue weighted by Gasteiger charge is 1.94. The highest BCUT2D eigenvalue weighted by Crippen LogP contribution is 1.96. The Labute approximate surface area is 75.3 Å². The van der Waals surface area contributed by atoms with Crippen molar-refractivity contribution in [2.45, 2.75) is 13.5 Å². The third-order valence-electron chi connectivity index (χ3n) is 1.38. The number of hydrogen-bond acceptors (Lipinski definition) is 2. The second-order valence-electron chi connectivity index (χ2n) is 2.27. The highest BCUT2D eigenvalue weighted by molar-refractivity contribution is 6.29. The van der Waals surface area contributed by atoms with E-state index in [0.717, 1.165) is 0 Å². The summed E-state index contributed by atoms with van der Waals surface area (Å²) in [7, 11) is 0. The zero-order valence-electron chi connectivity index (χ0n) is 6.70. The van der Waals surface area contributed by atoms with Gasteiger partial charge in [0, 0.05) is 12.6 Å². The van der Waals surface area contributed by atoms with Crippen molar-refractivity contribution in [3.63, 3.8) is 0 Å². The molecule has 3 nitrogen and oxygen atoms in total. The molecule has 0 saturated heterocycles. The number of allylic oxidation sites excluding steroid dienone is 2. The van der Waals surface area contributed by atoms with Crippen molar-refractivity contribution < 1.29 is 0 Å². The summed E-state index contributed by atoms with van der Waals surface area (Å²) in [4.78, 5) is 14.9. The third kappa shape index (κ3) is 2.20. The van der Waals surface area contributed by atoms with Crippen LogP contribution in [0.15, 0.2) is 29.3 Å². The van der Waals surface area contributed by atoms with Crippen LogP contribution in [0.1, 0.15) is 6.92 Å². The molecule has 0 radical (unpaired) electrons. The number of nitrogens with zero attached hydrogens (tertiary/aromatic N) is 2. The lowest BCUT2D eigenvalue weighted by Gasteiger charge is -1.98. The van der Waals surface area contributed by atoms with Crippen molar-refractivity contribution in [2.24, 2.45) is 0 Å². The molecule has 0 aliphatic heterocycles. The molecular formula is C8H9ClN2O. The zero-order chi connectivity index (χ0) is 8.97. The molecule has 0 amide bonds. The molecule has 0 aromatic carbocycles. The van der Waals surface area contributed by atoms with Crippen LogP contribution in [0.2, 0.25) is 5.15 Å². The second-order valence-corrected chi connectivity index (χ2v) is 2.66. The van der Waals surface area contributed by atoms with Gasteiger partial charge in [0.05, 0.1) is 6.33 Å². The van der Waals surface area contributed by atoms with Gasteiger partial charge < -0.3 is 0 Å². The van der Waals surface area contributed by atoms with E-state index in [1.807, 2.05) is 19.1 Å². The Bertz CT molecular complexity index is 343. The number of hydrogen-bond donors (Lipinski definition) is 0. The number of rotatable bonds is 2. The fourth-order valence-corrected chi connectivity index (χ4v) is 0.897. The van der Waals surface area contributed by atoms with E-state index < -0.39 is 0 Å². The molecule has 12 heavy (non-hydrogen) atoms. The van der Waals surface area contributed by atoms with Crippen molar-refractivity contribution in [2.75, 3.05) is 0 Å². The molecule has 0 aliphatic rings. The Hall–Kier alpha value is -1.09. The Morgan fingerprint density at radius 2 is 2.50 bits per heavy atom. The van der Waals surface area contributed by atoms with Gasteiger partial charge in [-0.3, -0.25) is 9.36 Å². The predicted molar refractivity (Wildman–Crippen MR) is 48.3 cm³/mol. The molecule has 1 aromatic heterocycles. The molecule has 64 valence electrons. The number of halogens is 1. The molecule has 0 saturated carbocycles. The van der Waals surface area contributed by atoms with Crippen LogP contribution >= 0.6 is 11.6 Å². The van der Waals surface area contributed by atoms with Crippen LogP contribution in [0.25, 0.3) is 0 Å². The van der Waals surface area contributed by atoms with E-state index in [0.29, 0.717) is 6.54 Å². The highest BCUT2D eigenvalue weighted by atomic mass is 35.5. The third-order valence-corrected chi connectivity index (χ3v) is 1.59. The minimum atomic E-state index is -0.131. The average molecular weight is 185 g/mol. The van der Waals surface area contributed by atoms with Gasteiger partial charge in [-0.15, -0.1) is 0 Å². The van der Waals surface area contributed by atoms with Crippen molar-refractivity contribution in [3.8, 4) is 0 Å². The summed E-state index contributed by atoms with van der Waals surface area (Å²) in [6, 6.07) is 1.30. The molecule has 1 aromatic rings. The minimum Gasteiger partial charge on any atom is -0.295 e. The molecule has 0 aliphatic carbocycles. The van der Waals surface area contributed by atoms with Gasteiger partial charge in [0.1, 0.15) is 5.15 Å². The summed E-state index contributed by atoms with van der Waals surface area (Å²) in [5.41, 5.74) is -0.131. The lowest BCUT2D eigenvalue weighted by atomic mass is 10.5. The standard InChI is InChI=1S/C8H9ClN2O/c1-2-3-4-11-6-10-7(9)5-8(11)12/h2-3,5-6H,4H2,1H3/b3-2+.